The number of carbonyl (C=O) groups is 1. The standard InChI is InChI=1S/C13H11NOS/c1-10-5-7-11(8-6-10)13(15)16-12-4-2-3-9-14-12/h2-9H,1H3/i13+1. The fourth-order valence-corrected chi connectivity index (χ4v) is 1.96. The summed E-state index contributed by atoms with van der Waals surface area (Å²) in [6.45, 7) is 2.00. The van der Waals surface area contributed by atoms with Crippen LogP contribution in [0.25, 0.3) is 0 Å². The monoisotopic (exact) mass is 230 g/mol. The molecule has 1 aromatic carbocycles. The lowest BCUT2D eigenvalue weighted by Crippen LogP contribution is -1.93. The normalized spacial score (nSPS) is 10.1. The zero-order valence-electron chi connectivity index (χ0n) is 8.88. The molecule has 80 valence electrons. The molecule has 0 saturated heterocycles. The van der Waals surface area contributed by atoms with Gasteiger partial charge in [0.1, 0.15) is 5.03 Å². The molecule has 2 nitrogen and oxygen atoms in total. The van der Waals surface area contributed by atoms with Crippen LogP contribution >= 0.6 is 11.8 Å². The molecule has 0 radical (unpaired) electrons. The molecule has 2 rings (SSSR count). The molecule has 1 aromatic heterocycles. The fourth-order valence-electron chi connectivity index (χ4n) is 1.25. The molecular weight excluding hydrogens is 219 g/mol. The van der Waals surface area contributed by atoms with Crippen molar-refractivity contribution in [2.24, 2.45) is 0 Å². The number of pyridine rings is 1. The number of benzene rings is 1. The van der Waals surface area contributed by atoms with E-state index in [1.54, 1.807) is 6.20 Å². The maximum absolute atomic E-state index is 11.8. The Bertz CT molecular complexity index is 479. The molecule has 0 amide bonds. The van der Waals surface area contributed by atoms with Crippen LogP contribution in [0.2, 0.25) is 0 Å². The molecule has 0 N–H and O–H groups in total. The summed E-state index contributed by atoms with van der Waals surface area (Å²) in [6, 6.07) is 13.1. The quantitative estimate of drug-likeness (QED) is 0.585. The lowest BCUT2D eigenvalue weighted by molar-refractivity contribution is 0.108. The van der Waals surface area contributed by atoms with Crippen molar-refractivity contribution in [1.29, 1.82) is 0 Å². The summed E-state index contributed by atoms with van der Waals surface area (Å²) in [5, 5.41) is 0.756. The smallest absolute Gasteiger partial charge is 0.225 e. The highest BCUT2D eigenvalue weighted by Crippen LogP contribution is 2.20. The number of thioether (sulfide) groups is 1. The van der Waals surface area contributed by atoms with E-state index in [4.69, 9.17) is 0 Å². The highest BCUT2D eigenvalue weighted by atomic mass is 32.2. The van der Waals surface area contributed by atoms with Crippen molar-refractivity contribution in [1.82, 2.24) is 4.98 Å². The number of hydrogen-bond acceptors (Lipinski definition) is 3. The van der Waals surface area contributed by atoms with Crippen LogP contribution in [0.3, 0.4) is 0 Å². The number of carbonyl (C=O) groups excluding carboxylic acids is 1. The first-order chi connectivity index (χ1) is 7.75. The Labute approximate surface area is 98.7 Å². The van der Waals surface area contributed by atoms with Crippen LogP contribution in [0.5, 0.6) is 0 Å². The second-order valence-corrected chi connectivity index (χ2v) is 4.42. The third kappa shape index (κ3) is 2.70. The van der Waals surface area contributed by atoms with Gasteiger partial charge in [-0.3, -0.25) is 4.79 Å². The van der Waals surface area contributed by atoms with Gasteiger partial charge in [0.2, 0.25) is 5.12 Å². The van der Waals surface area contributed by atoms with Crippen LogP contribution in [-0.2, 0) is 0 Å². The van der Waals surface area contributed by atoms with E-state index in [1.165, 1.54) is 0 Å². The molecule has 0 unspecified atom stereocenters. The van der Waals surface area contributed by atoms with Gasteiger partial charge in [-0.1, -0.05) is 35.9 Å². The van der Waals surface area contributed by atoms with Crippen LogP contribution in [0.15, 0.2) is 53.7 Å². The van der Waals surface area contributed by atoms with Gasteiger partial charge in [0.05, 0.1) is 0 Å². The predicted octanol–water partition coefficient (Wildman–Crippen LogP) is 3.32. The third-order valence-corrected chi connectivity index (χ3v) is 2.99. The van der Waals surface area contributed by atoms with Crippen LogP contribution in [0, 0.1) is 6.92 Å². The van der Waals surface area contributed by atoms with E-state index in [9.17, 15) is 4.79 Å². The Balaban J connectivity index is 2.12. The second kappa shape index (κ2) is 4.94. The topological polar surface area (TPSA) is 30.0 Å². The zero-order chi connectivity index (χ0) is 11.4. The number of hydrogen-bond donors (Lipinski definition) is 0. The largest absolute Gasteiger partial charge is 0.281 e. The van der Waals surface area contributed by atoms with Gasteiger partial charge in [0, 0.05) is 11.8 Å². The van der Waals surface area contributed by atoms with E-state index in [0.29, 0.717) is 5.56 Å². The number of aromatic nitrogens is 1. The van der Waals surface area contributed by atoms with Crippen LogP contribution in [-0.4, -0.2) is 10.1 Å². The summed E-state index contributed by atoms with van der Waals surface area (Å²) < 4.78 is 0. The van der Waals surface area contributed by atoms with Crippen LogP contribution < -0.4 is 0 Å². The van der Waals surface area contributed by atoms with Gasteiger partial charge in [-0.25, -0.2) is 4.98 Å². The third-order valence-electron chi connectivity index (χ3n) is 2.12. The number of aryl methyl sites for hydroxylation is 1. The molecule has 0 saturated carbocycles. The van der Waals surface area contributed by atoms with E-state index in [1.807, 2.05) is 49.4 Å². The highest BCUT2D eigenvalue weighted by Gasteiger charge is 2.07. The summed E-state index contributed by atoms with van der Waals surface area (Å²) in [5.41, 5.74) is 1.86. The van der Waals surface area contributed by atoms with Gasteiger partial charge in [-0.05, 0) is 30.8 Å². The van der Waals surface area contributed by atoms with E-state index in [-0.39, 0.29) is 5.12 Å². The molecule has 1 heterocycles. The molecule has 0 fully saturated rings. The minimum absolute atomic E-state index is 0.0266. The zero-order valence-corrected chi connectivity index (χ0v) is 9.70. The molecule has 0 aliphatic heterocycles. The minimum Gasteiger partial charge on any atom is -0.281 e. The highest BCUT2D eigenvalue weighted by molar-refractivity contribution is 8.14. The van der Waals surface area contributed by atoms with Gasteiger partial charge in [0.15, 0.2) is 0 Å². The average Bonchev–Trinajstić information content (AvgIpc) is 2.31. The lowest BCUT2D eigenvalue weighted by atomic mass is 10.2. The maximum Gasteiger partial charge on any atom is 0.225 e. The molecule has 16 heavy (non-hydrogen) atoms. The van der Waals surface area contributed by atoms with Crippen molar-refractivity contribution in [3.8, 4) is 0 Å². The van der Waals surface area contributed by atoms with Crippen LogP contribution in [0.4, 0.5) is 0 Å². The Kier molecular flexibility index (Phi) is 3.37. The van der Waals surface area contributed by atoms with Crippen molar-refractivity contribution in [3.63, 3.8) is 0 Å². The molecule has 0 bridgehead atoms. The van der Waals surface area contributed by atoms with E-state index in [0.717, 1.165) is 22.4 Å². The second-order valence-electron chi connectivity index (χ2n) is 3.42. The van der Waals surface area contributed by atoms with E-state index < -0.39 is 0 Å². The molecule has 3 heteroatoms. The lowest BCUT2D eigenvalue weighted by Gasteiger charge is -2.00. The molecule has 0 spiro atoms. The first kappa shape index (κ1) is 10.9. The van der Waals surface area contributed by atoms with Crippen molar-refractivity contribution >= 4 is 16.9 Å². The van der Waals surface area contributed by atoms with Gasteiger partial charge < -0.3 is 0 Å². The van der Waals surface area contributed by atoms with Gasteiger partial charge in [0.25, 0.3) is 0 Å². The molecule has 0 aliphatic rings. The van der Waals surface area contributed by atoms with Crippen molar-refractivity contribution in [2.75, 3.05) is 0 Å². The number of rotatable bonds is 2. The van der Waals surface area contributed by atoms with E-state index >= 15 is 0 Å². The molecule has 0 atom stereocenters. The summed E-state index contributed by atoms with van der Waals surface area (Å²) in [5.74, 6) is 0. The van der Waals surface area contributed by atoms with Crippen LogP contribution in [0.1, 0.15) is 15.9 Å². The Morgan fingerprint density at radius 3 is 2.50 bits per heavy atom. The van der Waals surface area contributed by atoms with Gasteiger partial charge in [-0.15, -0.1) is 0 Å². The summed E-state index contributed by atoms with van der Waals surface area (Å²) in [6.07, 6.45) is 1.69. The summed E-state index contributed by atoms with van der Waals surface area (Å²) >= 11 is 1.15. The molecule has 2 aromatic rings. The Hall–Kier alpha value is -1.61. The average molecular weight is 230 g/mol. The molecular formula is C13H11NOS. The van der Waals surface area contributed by atoms with Gasteiger partial charge >= 0.3 is 0 Å². The minimum atomic E-state index is 0.0266. The number of nitrogens with zero attached hydrogens (tertiary/aromatic N) is 1. The maximum atomic E-state index is 11.8. The predicted molar refractivity (Wildman–Crippen MR) is 65.6 cm³/mol. The summed E-state index contributed by atoms with van der Waals surface area (Å²) in [7, 11) is 0. The van der Waals surface area contributed by atoms with Crippen molar-refractivity contribution in [3.05, 3.63) is 59.8 Å². The van der Waals surface area contributed by atoms with Crippen molar-refractivity contribution < 1.29 is 4.79 Å². The first-order valence-corrected chi connectivity index (χ1v) is 5.77. The van der Waals surface area contributed by atoms with Gasteiger partial charge in [-0.2, -0.15) is 0 Å². The first-order valence-electron chi connectivity index (χ1n) is 4.95. The van der Waals surface area contributed by atoms with Crippen molar-refractivity contribution in [2.45, 2.75) is 11.9 Å². The fraction of sp³-hybridized carbons (Fsp3) is 0.0769. The Morgan fingerprint density at radius 2 is 1.88 bits per heavy atom. The summed E-state index contributed by atoms with van der Waals surface area (Å²) in [4.78, 5) is 16.0. The Morgan fingerprint density at radius 1 is 1.12 bits per heavy atom. The SMILES string of the molecule is Cc1ccc([13C](=O)Sc2ccccn2)cc1. The molecule has 0 aliphatic carbocycles. The van der Waals surface area contributed by atoms with E-state index in [2.05, 4.69) is 4.98 Å².